The van der Waals surface area contributed by atoms with Gasteiger partial charge in [0.25, 0.3) is 0 Å². The molecule has 0 N–H and O–H groups in total. The van der Waals surface area contributed by atoms with Crippen molar-refractivity contribution in [2.24, 2.45) is 5.92 Å². The molecule has 5 nitrogen and oxygen atoms in total. The molecule has 150 valence electrons. The number of nitrogens with zero attached hydrogens (tertiary/aromatic N) is 1. The average molecular weight is 400 g/mol. The van der Waals surface area contributed by atoms with Crippen molar-refractivity contribution in [1.82, 2.24) is 4.90 Å². The molecule has 1 aromatic rings. The molecule has 1 aromatic carbocycles. The standard InChI is InChI=1S/C22H29NO4Si/c1-7-12-26-22(25)20-17(16-10-8-14(2)9-11-16)13-18-19(21(24)23(18)20)15(3)27-28(4,5)6/h7-11,15,18-19H,1,12-13H2,2-6H3/t15-,18-,19-/m1/s1. The van der Waals surface area contributed by atoms with E-state index in [1.807, 2.05) is 38.1 Å². The lowest BCUT2D eigenvalue weighted by atomic mass is 9.82. The van der Waals surface area contributed by atoms with E-state index >= 15 is 0 Å². The number of rotatable bonds is 7. The third-order valence-electron chi connectivity index (χ3n) is 5.18. The number of esters is 1. The monoisotopic (exact) mass is 399 g/mol. The van der Waals surface area contributed by atoms with E-state index in [0.717, 1.165) is 16.7 Å². The van der Waals surface area contributed by atoms with Crippen LogP contribution in [0, 0.1) is 12.8 Å². The Labute approximate surface area is 168 Å². The fourth-order valence-corrected chi connectivity index (χ4v) is 5.35. The summed E-state index contributed by atoms with van der Waals surface area (Å²) < 4.78 is 11.5. The predicted octanol–water partition coefficient (Wildman–Crippen LogP) is 3.91. The van der Waals surface area contributed by atoms with E-state index in [4.69, 9.17) is 9.16 Å². The van der Waals surface area contributed by atoms with Crippen LogP contribution in [-0.4, -0.2) is 43.8 Å². The second-order valence-corrected chi connectivity index (χ2v) is 13.0. The van der Waals surface area contributed by atoms with Crippen LogP contribution in [0.5, 0.6) is 0 Å². The zero-order chi connectivity index (χ0) is 20.6. The summed E-state index contributed by atoms with van der Waals surface area (Å²) in [6, 6.07) is 7.97. The van der Waals surface area contributed by atoms with Crippen LogP contribution in [0.25, 0.3) is 5.57 Å². The smallest absolute Gasteiger partial charge is 0.355 e. The van der Waals surface area contributed by atoms with Gasteiger partial charge in [-0.05, 0) is 51.0 Å². The second kappa shape index (κ2) is 7.68. The van der Waals surface area contributed by atoms with Gasteiger partial charge in [0.1, 0.15) is 12.3 Å². The van der Waals surface area contributed by atoms with Crippen molar-refractivity contribution in [2.45, 2.75) is 52.1 Å². The second-order valence-electron chi connectivity index (χ2n) is 8.52. The Morgan fingerprint density at radius 1 is 1.32 bits per heavy atom. The number of carbonyl (C=O) groups is 2. The van der Waals surface area contributed by atoms with Gasteiger partial charge >= 0.3 is 5.97 Å². The molecule has 28 heavy (non-hydrogen) atoms. The molecule has 0 unspecified atom stereocenters. The van der Waals surface area contributed by atoms with Crippen LogP contribution >= 0.6 is 0 Å². The number of fused-ring (bicyclic) bond motifs is 1. The maximum atomic E-state index is 13.0. The molecule has 2 aliphatic heterocycles. The Morgan fingerprint density at radius 2 is 1.96 bits per heavy atom. The van der Waals surface area contributed by atoms with Crippen LogP contribution in [0.3, 0.4) is 0 Å². The first-order valence-electron chi connectivity index (χ1n) is 9.73. The number of benzene rings is 1. The van der Waals surface area contributed by atoms with Gasteiger partial charge < -0.3 is 14.1 Å². The van der Waals surface area contributed by atoms with Crippen molar-refractivity contribution >= 4 is 25.8 Å². The van der Waals surface area contributed by atoms with Crippen molar-refractivity contribution in [1.29, 1.82) is 0 Å². The molecule has 2 aliphatic rings. The molecule has 6 heteroatoms. The van der Waals surface area contributed by atoms with Crippen molar-refractivity contribution < 1.29 is 18.8 Å². The average Bonchev–Trinajstić information content (AvgIpc) is 2.94. The third kappa shape index (κ3) is 3.84. The molecule has 1 amide bonds. The van der Waals surface area contributed by atoms with Crippen LogP contribution in [0.15, 0.2) is 42.6 Å². The summed E-state index contributed by atoms with van der Waals surface area (Å²) in [4.78, 5) is 27.4. The molecule has 0 aromatic heterocycles. The fourth-order valence-electron chi connectivity index (χ4n) is 4.09. The zero-order valence-corrected chi connectivity index (χ0v) is 18.3. The van der Waals surface area contributed by atoms with Gasteiger partial charge in [0, 0.05) is 0 Å². The number of carbonyl (C=O) groups excluding carboxylic acids is 2. The summed E-state index contributed by atoms with van der Waals surface area (Å²) in [5.74, 6) is -0.746. The largest absolute Gasteiger partial charge is 0.457 e. The summed E-state index contributed by atoms with van der Waals surface area (Å²) in [6.07, 6.45) is 2.00. The van der Waals surface area contributed by atoms with Crippen molar-refractivity contribution in [3.63, 3.8) is 0 Å². The van der Waals surface area contributed by atoms with Crippen molar-refractivity contribution in [3.05, 3.63) is 53.7 Å². The molecule has 0 radical (unpaired) electrons. The molecule has 1 fully saturated rings. The van der Waals surface area contributed by atoms with Crippen LogP contribution in [0.1, 0.15) is 24.5 Å². The van der Waals surface area contributed by atoms with Crippen LogP contribution in [-0.2, 0) is 18.8 Å². The number of β-lactam (4-membered cyclic amide) rings is 1. The Bertz CT molecular complexity index is 822. The Morgan fingerprint density at radius 3 is 2.54 bits per heavy atom. The third-order valence-corrected chi connectivity index (χ3v) is 6.26. The topological polar surface area (TPSA) is 55.8 Å². The molecule has 1 saturated heterocycles. The molecule has 0 bridgehead atoms. The van der Waals surface area contributed by atoms with E-state index in [9.17, 15) is 9.59 Å². The van der Waals surface area contributed by atoms with Gasteiger partial charge in [-0.25, -0.2) is 4.79 Å². The van der Waals surface area contributed by atoms with Gasteiger partial charge in [0.05, 0.1) is 18.1 Å². The van der Waals surface area contributed by atoms with Gasteiger partial charge in [-0.1, -0.05) is 42.5 Å². The first-order valence-corrected chi connectivity index (χ1v) is 13.1. The maximum absolute atomic E-state index is 13.0. The fraction of sp³-hybridized carbons (Fsp3) is 0.455. The van der Waals surface area contributed by atoms with E-state index in [-0.39, 0.29) is 30.6 Å². The normalized spacial score (nSPS) is 22.6. The lowest BCUT2D eigenvalue weighted by molar-refractivity contribution is -0.161. The highest BCUT2D eigenvalue weighted by atomic mass is 28.4. The van der Waals surface area contributed by atoms with E-state index in [0.29, 0.717) is 12.1 Å². The summed E-state index contributed by atoms with van der Waals surface area (Å²) in [5, 5.41) is 0. The van der Waals surface area contributed by atoms with E-state index < -0.39 is 14.3 Å². The molecular weight excluding hydrogens is 370 g/mol. The van der Waals surface area contributed by atoms with Crippen LogP contribution in [0.4, 0.5) is 0 Å². The van der Waals surface area contributed by atoms with Gasteiger partial charge in [-0.3, -0.25) is 4.79 Å². The number of ether oxygens (including phenoxy) is 1. The number of hydrogen-bond acceptors (Lipinski definition) is 4. The van der Waals surface area contributed by atoms with E-state index in [1.54, 1.807) is 4.90 Å². The molecule has 3 rings (SSSR count). The molecule has 2 heterocycles. The summed E-state index contributed by atoms with van der Waals surface area (Å²) in [6.45, 7) is 14.1. The highest BCUT2D eigenvalue weighted by molar-refractivity contribution is 6.69. The van der Waals surface area contributed by atoms with Gasteiger partial charge in [-0.2, -0.15) is 0 Å². The SMILES string of the molecule is C=CCOC(=O)C1=C(c2ccc(C)cc2)C[C@@H]2[C@@H]([C@@H](C)O[Si](C)(C)C)C(=O)N12. The zero-order valence-electron chi connectivity index (χ0n) is 17.3. The molecular formula is C22H29NO4Si. The summed E-state index contributed by atoms with van der Waals surface area (Å²) >= 11 is 0. The molecule has 0 spiro atoms. The maximum Gasteiger partial charge on any atom is 0.355 e. The van der Waals surface area contributed by atoms with Crippen LogP contribution < -0.4 is 0 Å². The summed E-state index contributed by atoms with van der Waals surface area (Å²) in [5.41, 5.74) is 3.34. The van der Waals surface area contributed by atoms with E-state index in [2.05, 4.69) is 26.2 Å². The highest BCUT2D eigenvalue weighted by Gasteiger charge is 2.57. The lowest BCUT2D eigenvalue weighted by Crippen LogP contribution is -2.63. The minimum atomic E-state index is -1.77. The quantitative estimate of drug-likeness (QED) is 0.302. The Hall–Kier alpha value is -2.18. The lowest BCUT2D eigenvalue weighted by Gasteiger charge is -2.47. The Balaban J connectivity index is 1.92. The minimum absolute atomic E-state index is 0.0524. The summed E-state index contributed by atoms with van der Waals surface area (Å²) in [7, 11) is -1.77. The highest BCUT2D eigenvalue weighted by Crippen LogP contribution is 2.48. The van der Waals surface area contributed by atoms with Gasteiger partial charge in [0.15, 0.2) is 8.32 Å². The van der Waals surface area contributed by atoms with Crippen molar-refractivity contribution in [2.75, 3.05) is 6.61 Å². The molecule has 0 saturated carbocycles. The van der Waals surface area contributed by atoms with Gasteiger partial charge in [0.2, 0.25) is 5.91 Å². The van der Waals surface area contributed by atoms with Gasteiger partial charge in [-0.15, -0.1) is 0 Å². The number of hydrogen-bond donors (Lipinski definition) is 0. The van der Waals surface area contributed by atoms with Crippen molar-refractivity contribution in [3.8, 4) is 0 Å². The number of amides is 1. The number of aryl methyl sites for hydroxylation is 1. The van der Waals surface area contributed by atoms with E-state index in [1.165, 1.54) is 6.08 Å². The Kier molecular flexibility index (Phi) is 5.64. The molecule has 3 atom stereocenters. The minimum Gasteiger partial charge on any atom is -0.457 e. The molecule has 0 aliphatic carbocycles. The predicted molar refractivity (Wildman–Crippen MR) is 112 cm³/mol. The van der Waals surface area contributed by atoms with Crippen LogP contribution in [0.2, 0.25) is 19.6 Å². The first-order chi connectivity index (χ1) is 13.1. The first kappa shape index (κ1) is 20.5.